The number of halogens is 1. The molecule has 0 radical (unpaired) electrons. The standard InChI is InChI=1S/C25H26ClN5O4S/c1-25(2,3)21-20(35-18-12-7-6-11-17(18)34-4)22(26)30-24(23-28-14-9-15-29-23)31(21)16-10-5-8-13-19(16)36(27,32)33/h5-15,21H,1-4H3,(H2,27,32,33). The quantitative estimate of drug-likeness (QED) is 0.474. The molecule has 0 saturated carbocycles. The fourth-order valence-corrected chi connectivity index (χ4v) is 4.92. The van der Waals surface area contributed by atoms with Crippen molar-refractivity contribution >= 4 is 33.1 Å². The van der Waals surface area contributed by atoms with Gasteiger partial charge in [-0.1, -0.05) is 56.6 Å². The molecular weight excluding hydrogens is 502 g/mol. The third-order valence-electron chi connectivity index (χ3n) is 5.45. The summed E-state index contributed by atoms with van der Waals surface area (Å²) < 4.78 is 37.0. The summed E-state index contributed by atoms with van der Waals surface area (Å²) in [5, 5.41) is 5.69. The van der Waals surface area contributed by atoms with Crippen molar-refractivity contribution in [3.8, 4) is 11.5 Å². The van der Waals surface area contributed by atoms with E-state index < -0.39 is 21.5 Å². The van der Waals surface area contributed by atoms with E-state index in [-0.39, 0.29) is 27.4 Å². The van der Waals surface area contributed by atoms with Gasteiger partial charge in [-0.2, -0.15) is 0 Å². The molecule has 1 aliphatic rings. The fourth-order valence-electron chi connectivity index (χ4n) is 3.98. The number of para-hydroxylation sites is 3. The van der Waals surface area contributed by atoms with E-state index in [1.54, 1.807) is 53.7 Å². The van der Waals surface area contributed by atoms with Crippen LogP contribution in [0.2, 0.25) is 0 Å². The maximum absolute atomic E-state index is 12.6. The molecule has 4 rings (SSSR count). The van der Waals surface area contributed by atoms with Crippen molar-refractivity contribution in [2.24, 2.45) is 15.5 Å². The molecule has 2 heterocycles. The molecule has 2 N–H and O–H groups in total. The van der Waals surface area contributed by atoms with E-state index in [1.807, 2.05) is 32.9 Å². The van der Waals surface area contributed by atoms with Gasteiger partial charge in [0.05, 0.1) is 12.8 Å². The molecule has 0 aliphatic carbocycles. The van der Waals surface area contributed by atoms with Crippen LogP contribution in [0.15, 0.2) is 87.8 Å². The Morgan fingerprint density at radius 3 is 2.19 bits per heavy atom. The van der Waals surface area contributed by atoms with Crippen LogP contribution in [0.3, 0.4) is 0 Å². The van der Waals surface area contributed by atoms with E-state index in [1.165, 1.54) is 13.2 Å². The van der Waals surface area contributed by atoms with Crippen LogP contribution in [0.5, 0.6) is 11.5 Å². The van der Waals surface area contributed by atoms with Crippen molar-refractivity contribution in [3.05, 3.63) is 83.7 Å². The third-order valence-corrected chi connectivity index (χ3v) is 6.68. The van der Waals surface area contributed by atoms with Gasteiger partial charge in [0.1, 0.15) is 10.9 Å². The van der Waals surface area contributed by atoms with E-state index in [0.29, 0.717) is 17.3 Å². The van der Waals surface area contributed by atoms with Gasteiger partial charge in [-0.05, 0) is 35.7 Å². The Labute approximate surface area is 215 Å². The number of amidine groups is 1. The zero-order valence-electron chi connectivity index (χ0n) is 20.2. The topological polar surface area (TPSA) is 120 Å². The van der Waals surface area contributed by atoms with Crippen LogP contribution in [0.25, 0.3) is 0 Å². The number of rotatable bonds is 6. The zero-order valence-corrected chi connectivity index (χ0v) is 21.8. The molecule has 9 nitrogen and oxygen atoms in total. The van der Waals surface area contributed by atoms with Crippen LogP contribution in [-0.2, 0) is 10.0 Å². The Morgan fingerprint density at radius 1 is 0.972 bits per heavy atom. The minimum atomic E-state index is -4.11. The number of anilines is 1. The highest BCUT2D eigenvalue weighted by Crippen LogP contribution is 2.43. The molecule has 0 amide bonds. The van der Waals surface area contributed by atoms with Gasteiger partial charge in [-0.25, -0.2) is 28.5 Å². The molecule has 188 valence electrons. The summed E-state index contributed by atoms with van der Waals surface area (Å²) in [4.78, 5) is 14.9. The van der Waals surface area contributed by atoms with Gasteiger partial charge in [-0.15, -0.1) is 0 Å². The number of hydrogen-bond donors (Lipinski definition) is 1. The van der Waals surface area contributed by atoms with Crippen molar-refractivity contribution in [3.63, 3.8) is 0 Å². The van der Waals surface area contributed by atoms with Crippen molar-refractivity contribution in [2.45, 2.75) is 31.7 Å². The minimum Gasteiger partial charge on any atom is -0.493 e. The van der Waals surface area contributed by atoms with E-state index in [9.17, 15) is 8.42 Å². The van der Waals surface area contributed by atoms with Crippen molar-refractivity contribution in [1.82, 2.24) is 9.97 Å². The number of aromatic nitrogens is 2. The summed E-state index contributed by atoms with van der Waals surface area (Å²) >= 11 is 6.76. The Morgan fingerprint density at radius 2 is 1.58 bits per heavy atom. The molecule has 36 heavy (non-hydrogen) atoms. The van der Waals surface area contributed by atoms with Gasteiger partial charge in [0.2, 0.25) is 10.0 Å². The maximum Gasteiger partial charge on any atom is 0.240 e. The van der Waals surface area contributed by atoms with Gasteiger partial charge >= 0.3 is 0 Å². The highest BCUT2D eigenvalue weighted by molar-refractivity contribution is 7.89. The van der Waals surface area contributed by atoms with Gasteiger partial charge in [0, 0.05) is 12.4 Å². The molecular formula is C25H26ClN5O4S. The summed E-state index contributed by atoms with van der Waals surface area (Å²) in [5.74, 6) is 1.74. The molecule has 2 aromatic carbocycles. The number of benzene rings is 2. The van der Waals surface area contributed by atoms with Crippen molar-refractivity contribution < 1.29 is 17.9 Å². The molecule has 0 fully saturated rings. The van der Waals surface area contributed by atoms with Crippen molar-refractivity contribution in [1.29, 1.82) is 0 Å². The number of sulfonamides is 1. The van der Waals surface area contributed by atoms with E-state index >= 15 is 0 Å². The number of aliphatic imine (C=N–C) groups is 1. The van der Waals surface area contributed by atoms with Crippen LogP contribution in [0, 0.1) is 5.41 Å². The molecule has 1 aromatic heterocycles. The predicted molar refractivity (Wildman–Crippen MR) is 139 cm³/mol. The summed E-state index contributed by atoms with van der Waals surface area (Å²) in [6.07, 6.45) is 3.14. The molecule has 1 aliphatic heterocycles. The third kappa shape index (κ3) is 5.06. The maximum atomic E-state index is 12.6. The van der Waals surface area contributed by atoms with Crippen LogP contribution in [0.4, 0.5) is 5.69 Å². The van der Waals surface area contributed by atoms with Crippen LogP contribution < -0.4 is 19.5 Å². The number of hydrogen-bond acceptors (Lipinski definition) is 8. The molecule has 11 heteroatoms. The van der Waals surface area contributed by atoms with Gasteiger partial charge in [-0.3, -0.25) is 0 Å². The van der Waals surface area contributed by atoms with Crippen molar-refractivity contribution in [2.75, 3.05) is 12.0 Å². The van der Waals surface area contributed by atoms with Gasteiger partial charge in [0.15, 0.2) is 34.1 Å². The second-order valence-electron chi connectivity index (χ2n) is 9.07. The van der Waals surface area contributed by atoms with Crippen LogP contribution in [0.1, 0.15) is 26.6 Å². The monoisotopic (exact) mass is 527 g/mol. The number of ether oxygens (including phenoxy) is 2. The summed E-state index contributed by atoms with van der Waals surface area (Å²) in [5.41, 5.74) is -0.268. The van der Waals surface area contributed by atoms with E-state index in [2.05, 4.69) is 15.0 Å². The lowest BCUT2D eigenvalue weighted by molar-refractivity contribution is 0.262. The largest absolute Gasteiger partial charge is 0.493 e. The smallest absolute Gasteiger partial charge is 0.240 e. The van der Waals surface area contributed by atoms with Gasteiger partial charge < -0.3 is 14.4 Å². The fraction of sp³-hybridized carbons (Fsp3) is 0.240. The molecule has 0 spiro atoms. The molecule has 1 atom stereocenters. The van der Waals surface area contributed by atoms with Crippen LogP contribution >= 0.6 is 11.6 Å². The lowest BCUT2D eigenvalue weighted by Gasteiger charge is -2.44. The molecule has 3 aromatic rings. The highest BCUT2D eigenvalue weighted by Gasteiger charge is 2.44. The lowest BCUT2D eigenvalue weighted by Crippen LogP contribution is -2.53. The summed E-state index contributed by atoms with van der Waals surface area (Å²) in [6.45, 7) is 5.94. The number of methoxy groups -OCH3 is 1. The predicted octanol–water partition coefficient (Wildman–Crippen LogP) is 4.30. The zero-order chi connectivity index (χ0) is 26.1. The normalized spacial score (nSPS) is 16.6. The first-order valence-electron chi connectivity index (χ1n) is 11.0. The Kier molecular flexibility index (Phi) is 7.03. The highest BCUT2D eigenvalue weighted by atomic mass is 35.5. The first-order valence-corrected chi connectivity index (χ1v) is 12.9. The lowest BCUT2D eigenvalue weighted by atomic mass is 9.83. The second-order valence-corrected chi connectivity index (χ2v) is 11.0. The number of nitrogens with zero attached hydrogens (tertiary/aromatic N) is 4. The number of primary sulfonamides is 1. The summed E-state index contributed by atoms with van der Waals surface area (Å²) in [6, 6.07) is 14.6. The minimum absolute atomic E-state index is 0.0765. The van der Waals surface area contributed by atoms with E-state index in [4.69, 9.17) is 26.2 Å². The average molecular weight is 528 g/mol. The van der Waals surface area contributed by atoms with Crippen LogP contribution in [-0.4, -0.2) is 37.4 Å². The Balaban J connectivity index is 2.02. The Hall–Kier alpha value is -3.47. The molecule has 1 unspecified atom stereocenters. The molecule has 0 saturated heterocycles. The summed E-state index contributed by atoms with van der Waals surface area (Å²) in [7, 11) is -2.57. The molecule has 0 bridgehead atoms. The number of nitrogens with two attached hydrogens (primary N) is 1. The average Bonchev–Trinajstić information content (AvgIpc) is 2.84. The first-order chi connectivity index (χ1) is 17.0. The Bertz CT molecular complexity index is 1440. The van der Waals surface area contributed by atoms with Gasteiger partial charge in [0.25, 0.3) is 0 Å². The SMILES string of the molecule is COc1ccccc1OC1=C(Cl)N=C(c2ncccn2)N(c2ccccc2S(N)(=O)=O)C1C(C)(C)C. The first kappa shape index (κ1) is 25.6. The second kappa shape index (κ2) is 9.88. The van der Waals surface area contributed by atoms with E-state index in [0.717, 1.165) is 0 Å².